The molecule has 1 heterocycles. The monoisotopic (exact) mass is 270 g/mol. The van der Waals surface area contributed by atoms with Crippen LogP contribution in [0.2, 0.25) is 0 Å². The van der Waals surface area contributed by atoms with Crippen molar-refractivity contribution in [1.82, 2.24) is 10.3 Å². The summed E-state index contributed by atoms with van der Waals surface area (Å²) in [6.07, 6.45) is 7.40. The average molecular weight is 270 g/mol. The number of hydrogen-bond acceptors (Lipinski definition) is 4. The van der Waals surface area contributed by atoms with Crippen LogP contribution in [0, 0.1) is 18.3 Å². The van der Waals surface area contributed by atoms with Gasteiger partial charge in [-0.05, 0) is 31.4 Å². The molecule has 1 aliphatic rings. The van der Waals surface area contributed by atoms with Gasteiger partial charge in [0.1, 0.15) is 17.5 Å². The maximum Gasteiger partial charge on any atom is 0.263 e. The van der Waals surface area contributed by atoms with Gasteiger partial charge in [-0.3, -0.25) is 4.79 Å². The van der Waals surface area contributed by atoms with Crippen molar-refractivity contribution in [2.24, 2.45) is 0 Å². The van der Waals surface area contributed by atoms with Gasteiger partial charge in [0.05, 0.1) is 0 Å². The standard InChI is InChI=1S/C15H18N4O/c1-11-6-7-14(17-9-11)18-10-12(8-16)15(20)19-13-4-2-3-5-13/h6-7,9-10,13H,2-5H2,1H3,(H,17,18)(H,19,20)/b12-10-. The van der Waals surface area contributed by atoms with Gasteiger partial charge in [0.15, 0.2) is 0 Å². The lowest BCUT2D eigenvalue weighted by atomic mass is 10.2. The number of carbonyl (C=O) groups excluding carboxylic acids is 1. The van der Waals surface area contributed by atoms with Crippen molar-refractivity contribution < 1.29 is 4.79 Å². The third-order valence-corrected chi connectivity index (χ3v) is 3.33. The van der Waals surface area contributed by atoms with Crippen LogP contribution in [0.25, 0.3) is 0 Å². The second-order valence-electron chi connectivity index (χ2n) is 4.99. The zero-order chi connectivity index (χ0) is 14.4. The van der Waals surface area contributed by atoms with Gasteiger partial charge < -0.3 is 10.6 Å². The van der Waals surface area contributed by atoms with Crippen molar-refractivity contribution in [3.8, 4) is 6.07 Å². The molecule has 104 valence electrons. The highest BCUT2D eigenvalue weighted by Gasteiger charge is 2.19. The molecule has 20 heavy (non-hydrogen) atoms. The first-order valence-electron chi connectivity index (χ1n) is 6.79. The van der Waals surface area contributed by atoms with Crippen molar-refractivity contribution in [3.63, 3.8) is 0 Å². The number of nitriles is 1. The molecule has 0 saturated heterocycles. The Morgan fingerprint density at radius 1 is 1.45 bits per heavy atom. The fourth-order valence-corrected chi connectivity index (χ4v) is 2.18. The lowest BCUT2D eigenvalue weighted by Gasteiger charge is -2.11. The number of carbonyl (C=O) groups is 1. The highest BCUT2D eigenvalue weighted by molar-refractivity contribution is 5.97. The smallest absolute Gasteiger partial charge is 0.263 e. The molecule has 1 saturated carbocycles. The molecule has 0 radical (unpaired) electrons. The van der Waals surface area contributed by atoms with Gasteiger partial charge in [-0.2, -0.15) is 5.26 Å². The summed E-state index contributed by atoms with van der Waals surface area (Å²) in [5, 5.41) is 14.8. The molecule has 1 amide bonds. The predicted octanol–water partition coefficient (Wildman–Crippen LogP) is 2.27. The quantitative estimate of drug-likeness (QED) is 0.650. The maximum absolute atomic E-state index is 11.9. The minimum absolute atomic E-state index is 0.0688. The van der Waals surface area contributed by atoms with Crippen LogP contribution in [0.5, 0.6) is 0 Å². The zero-order valence-corrected chi connectivity index (χ0v) is 11.5. The first-order valence-corrected chi connectivity index (χ1v) is 6.79. The van der Waals surface area contributed by atoms with Gasteiger partial charge >= 0.3 is 0 Å². The van der Waals surface area contributed by atoms with E-state index in [1.807, 2.05) is 19.1 Å². The summed E-state index contributed by atoms with van der Waals surface area (Å²) in [6, 6.07) is 5.83. The van der Waals surface area contributed by atoms with Crippen LogP contribution < -0.4 is 10.6 Å². The number of aryl methyl sites for hydroxylation is 1. The van der Waals surface area contributed by atoms with E-state index in [0.717, 1.165) is 31.2 Å². The molecule has 0 unspecified atom stereocenters. The molecular formula is C15H18N4O. The molecule has 5 heteroatoms. The topological polar surface area (TPSA) is 77.8 Å². The number of amides is 1. The van der Waals surface area contributed by atoms with E-state index in [1.54, 1.807) is 12.3 Å². The van der Waals surface area contributed by atoms with E-state index in [-0.39, 0.29) is 17.5 Å². The fourth-order valence-electron chi connectivity index (χ4n) is 2.18. The summed E-state index contributed by atoms with van der Waals surface area (Å²) >= 11 is 0. The van der Waals surface area contributed by atoms with E-state index in [2.05, 4.69) is 15.6 Å². The molecule has 0 aliphatic heterocycles. The highest BCUT2D eigenvalue weighted by atomic mass is 16.1. The van der Waals surface area contributed by atoms with E-state index in [4.69, 9.17) is 5.26 Å². The van der Waals surface area contributed by atoms with E-state index < -0.39 is 0 Å². The molecule has 2 N–H and O–H groups in total. The van der Waals surface area contributed by atoms with Crippen molar-refractivity contribution in [2.75, 3.05) is 5.32 Å². The van der Waals surface area contributed by atoms with Gasteiger partial charge in [-0.1, -0.05) is 18.9 Å². The van der Waals surface area contributed by atoms with E-state index >= 15 is 0 Å². The van der Waals surface area contributed by atoms with Crippen LogP contribution in [0.4, 0.5) is 5.82 Å². The Hall–Kier alpha value is -2.35. The molecule has 2 rings (SSSR count). The molecule has 1 aromatic heterocycles. The largest absolute Gasteiger partial charge is 0.349 e. The minimum Gasteiger partial charge on any atom is -0.349 e. The number of anilines is 1. The predicted molar refractivity (Wildman–Crippen MR) is 76.7 cm³/mol. The molecule has 1 aliphatic carbocycles. The first kappa shape index (κ1) is 14.1. The average Bonchev–Trinajstić information content (AvgIpc) is 2.94. The van der Waals surface area contributed by atoms with Gasteiger partial charge in [0, 0.05) is 18.4 Å². The number of nitrogens with zero attached hydrogens (tertiary/aromatic N) is 2. The Bertz CT molecular complexity index is 536. The van der Waals surface area contributed by atoms with Gasteiger partial charge in [0.25, 0.3) is 5.91 Å². The molecule has 0 bridgehead atoms. The molecule has 1 aromatic rings. The summed E-state index contributed by atoms with van der Waals surface area (Å²) in [4.78, 5) is 16.1. The molecule has 0 atom stereocenters. The molecule has 1 fully saturated rings. The normalized spacial score (nSPS) is 15.7. The van der Waals surface area contributed by atoms with Crippen LogP contribution >= 0.6 is 0 Å². The van der Waals surface area contributed by atoms with Crippen molar-refractivity contribution in [1.29, 1.82) is 5.26 Å². The number of hydrogen-bond donors (Lipinski definition) is 2. The van der Waals surface area contributed by atoms with Crippen molar-refractivity contribution in [3.05, 3.63) is 35.7 Å². The number of nitrogens with one attached hydrogen (secondary N) is 2. The summed E-state index contributed by atoms with van der Waals surface area (Å²) in [5.74, 6) is 0.288. The Morgan fingerprint density at radius 3 is 2.80 bits per heavy atom. The van der Waals surface area contributed by atoms with Gasteiger partial charge in [-0.15, -0.1) is 0 Å². The molecule has 0 aromatic carbocycles. The number of rotatable bonds is 4. The van der Waals surface area contributed by atoms with Crippen LogP contribution in [-0.4, -0.2) is 16.9 Å². The second-order valence-corrected chi connectivity index (χ2v) is 4.99. The molecule has 5 nitrogen and oxygen atoms in total. The first-order chi connectivity index (χ1) is 9.69. The van der Waals surface area contributed by atoms with E-state index in [0.29, 0.717) is 5.82 Å². The van der Waals surface area contributed by atoms with Crippen LogP contribution in [0.1, 0.15) is 31.2 Å². The Balaban J connectivity index is 1.96. The summed E-state index contributed by atoms with van der Waals surface area (Å²) in [5.41, 5.74) is 1.12. The third-order valence-electron chi connectivity index (χ3n) is 3.33. The lowest BCUT2D eigenvalue weighted by Crippen LogP contribution is -2.33. The Labute approximate surface area is 118 Å². The summed E-state index contributed by atoms with van der Waals surface area (Å²) in [7, 11) is 0. The second kappa shape index (κ2) is 6.71. The molecule has 0 spiro atoms. The van der Waals surface area contributed by atoms with E-state index in [1.165, 1.54) is 6.20 Å². The third kappa shape index (κ3) is 3.82. The summed E-state index contributed by atoms with van der Waals surface area (Å²) in [6.45, 7) is 1.95. The zero-order valence-electron chi connectivity index (χ0n) is 11.5. The van der Waals surface area contributed by atoms with Crippen LogP contribution in [-0.2, 0) is 4.79 Å². The highest BCUT2D eigenvalue weighted by Crippen LogP contribution is 2.18. The minimum atomic E-state index is -0.320. The SMILES string of the molecule is Cc1ccc(N/C=C(/C#N)C(=O)NC2CCCC2)nc1. The molecular weight excluding hydrogens is 252 g/mol. The lowest BCUT2D eigenvalue weighted by molar-refractivity contribution is -0.117. The van der Waals surface area contributed by atoms with Gasteiger partial charge in [-0.25, -0.2) is 4.98 Å². The maximum atomic E-state index is 11.9. The van der Waals surface area contributed by atoms with Crippen LogP contribution in [0.15, 0.2) is 30.1 Å². The van der Waals surface area contributed by atoms with E-state index in [9.17, 15) is 4.79 Å². The summed E-state index contributed by atoms with van der Waals surface area (Å²) < 4.78 is 0. The fraction of sp³-hybridized carbons (Fsp3) is 0.400. The van der Waals surface area contributed by atoms with Crippen LogP contribution in [0.3, 0.4) is 0 Å². The number of pyridine rings is 1. The van der Waals surface area contributed by atoms with Crippen molar-refractivity contribution in [2.45, 2.75) is 38.6 Å². The Morgan fingerprint density at radius 2 is 2.20 bits per heavy atom. The number of aromatic nitrogens is 1. The van der Waals surface area contributed by atoms with Crippen molar-refractivity contribution >= 4 is 11.7 Å². The Kier molecular flexibility index (Phi) is 4.72. The van der Waals surface area contributed by atoms with Gasteiger partial charge in [0.2, 0.25) is 0 Å².